The Balaban J connectivity index is 1.57. The minimum Gasteiger partial charge on any atom is -0.424 e. The lowest BCUT2D eigenvalue weighted by Gasteiger charge is -2.38. The van der Waals surface area contributed by atoms with Gasteiger partial charge in [0.2, 0.25) is 11.8 Å². The van der Waals surface area contributed by atoms with Crippen molar-refractivity contribution in [3.05, 3.63) is 47.2 Å². The fourth-order valence-corrected chi connectivity index (χ4v) is 3.49. The molecule has 0 aliphatic carbocycles. The molecule has 2 heterocycles. The van der Waals surface area contributed by atoms with Crippen LogP contribution in [0.1, 0.15) is 62.4 Å². The molecule has 2 aromatic rings. The molecule has 1 amide bonds. The Morgan fingerprint density at radius 2 is 1.96 bits per heavy atom. The summed E-state index contributed by atoms with van der Waals surface area (Å²) in [6, 6.07) is 8.35. The van der Waals surface area contributed by atoms with Gasteiger partial charge in [0.15, 0.2) is 5.60 Å². The second kappa shape index (κ2) is 8.84. The molecule has 1 atom stereocenters. The normalized spacial score (nSPS) is 20.2. The van der Waals surface area contributed by atoms with Gasteiger partial charge in [-0.25, -0.2) is 0 Å². The fourth-order valence-electron chi connectivity index (χ4n) is 3.49. The van der Waals surface area contributed by atoms with Crippen LogP contribution in [0, 0.1) is 0 Å². The van der Waals surface area contributed by atoms with Gasteiger partial charge < -0.3 is 19.7 Å². The SMILES string of the molecule is CCc1nnc(CNC[C@]2(O)CCCN(Cc3ccc(C(C)C)cc3)C2=O)o1. The molecule has 7 heteroatoms. The van der Waals surface area contributed by atoms with Crippen LogP contribution >= 0.6 is 0 Å². The van der Waals surface area contributed by atoms with Crippen LogP contribution in [-0.2, 0) is 24.3 Å². The molecular weight excluding hydrogens is 356 g/mol. The highest BCUT2D eigenvalue weighted by Crippen LogP contribution is 2.24. The third kappa shape index (κ3) is 4.77. The molecule has 0 saturated carbocycles. The summed E-state index contributed by atoms with van der Waals surface area (Å²) < 4.78 is 5.45. The maximum absolute atomic E-state index is 12.9. The first kappa shape index (κ1) is 20.5. The smallest absolute Gasteiger partial charge is 0.256 e. The van der Waals surface area contributed by atoms with E-state index < -0.39 is 5.60 Å². The third-order valence-corrected chi connectivity index (χ3v) is 5.23. The van der Waals surface area contributed by atoms with E-state index in [1.807, 2.05) is 6.92 Å². The number of nitrogens with zero attached hydrogens (tertiary/aromatic N) is 3. The molecule has 7 nitrogen and oxygen atoms in total. The Labute approximate surface area is 166 Å². The van der Waals surface area contributed by atoms with Gasteiger partial charge >= 0.3 is 0 Å². The molecule has 1 aromatic carbocycles. The average Bonchev–Trinajstić information content (AvgIpc) is 3.14. The Kier molecular flexibility index (Phi) is 6.46. The van der Waals surface area contributed by atoms with Gasteiger partial charge in [0.1, 0.15) is 0 Å². The molecule has 0 radical (unpaired) electrons. The molecule has 152 valence electrons. The van der Waals surface area contributed by atoms with Gasteiger partial charge in [0.05, 0.1) is 6.54 Å². The van der Waals surface area contributed by atoms with Crippen molar-refractivity contribution in [2.75, 3.05) is 13.1 Å². The highest BCUT2D eigenvalue weighted by molar-refractivity contribution is 5.86. The van der Waals surface area contributed by atoms with E-state index in [4.69, 9.17) is 4.42 Å². The van der Waals surface area contributed by atoms with Crippen LogP contribution in [0.3, 0.4) is 0 Å². The molecule has 3 rings (SSSR count). The van der Waals surface area contributed by atoms with Crippen molar-refractivity contribution in [1.82, 2.24) is 20.4 Å². The highest BCUT2D eigenvalue weighted by atomic mass is 16.4. The lowest BCUT2D eigenvalue weighted by molar-refractivity contribution is -0.157. The van der Waals surface area contributed by atoms with Gasteiger partial charge in [0, 0.05) is 26.1 Å². The van der Waals surface area contributed by atoms with Gasteiger partial charge in [-0.3, -0.25) is 4.79 Å². The van der Waals surface area contributed by atoms with E-state index >= 15 is 0 Å². The molecule has 1 aliphatic heterocycles. The van der Waals surface area contributed by atoms with Crippen molar-refractivity contribution in [2.45, 2.75) is 64.6 Å². The van der Waals surface area contributed by atoms with Crippen LogP contribution in [-0.4, -0.2) is 44.8 Å². The maximum atomic E-state index is 12.9. The molecule has 28 heavy (non-hydrogen) atoms. The van der Waals surface area contributed by atoms with Crippen molar-refractivity contribution < 1.29 is 14.3 Å². The minimum atomic E-state index is -1.40. The van der Waals surface area contributed by atoms with E-state index in [2.05, 4.69) is 53.6 Å². The average molecular weight is 386 g/mol. The van der Waals surface area contributed by atoms with Gasteiger partial charge in [0.25, 0.3) is 5.91 Å². The summed E-state index contributed by atoms with van der Waals surface area (Å²) in [7, 11) is 0. The summed E-state index contributed by atoms with van der Waals surface area (Å²) >= 11 is 0. The van der Waals surface area contributed by atoms with Gasteiger partial charge in [-0.1, -0.05) is 45.0 Å². The molecule has 1 aliphatic rings. The van der Waals surface area contributed by atoms with Crippen molar-refractivity contribution in [2.24, 2.45) is 0 Å². The lowest BCUT2D eigenvalue weighted by atomic mass is 9.91. The predicted molar refractivity (Wildman–Crippen MR) is 106 cm³/mol. The van der Waals surface area contributed by atoms with Crippen molar-refractivity contribution in [3.8, 4) is 0 Å². The van der Waals surface area contributed by atoms with Crippen molar-refractivity contribution in [1.29, 1.82) is 0 Å². The maximum Gasteiger partial charge on any atom is 0.256 e. The second-order valence-electron chi connectivity index (χ2n) is 7.80. The van der Waals surface area contributed by atoms with Crippen molar-refractivity contribution in [3.63, 3.8) is 0 Å². The molecule has 1 fully saturated rings. The number of aryl methyl sites for hydroxylation is 1. The molecule has 1 saturated heterocycles. The van der Waals surface area contributed by atoms with Crippen molar-refractivity contribution >= 4 is 5.91 Å². The number of aromatic nitrogens is 2. The number of piperidine rings is 1. The summed E-state index contributed by atoms with van der Waals surface area (Å²) in [5.41, 5.74) is 0.957. The zero-order chi connectivity index (χ0) is 20.1. The number of hydrogen-bond donors (Lipinski definition) is 2. The van der Waals surface area contributed by atoms with Gasteiger partial charge in [-0.2, -0.15) is 0 Å². The number of likely N-dealkylation sites (tertiary alicyclic amines) is 1. The summed E-state index contributed by atoms with van der Waals surface area (Å²) in [4.78, 5) is 14.7. The molecule has 0 spiro atoms. The molecule has 0 bridgehead atoms. The van der Waals surface area contributed by atoms with Crippen LogP contribution in [0.4, 0.5) is 0 Å². The Morgan fingerprint density at radius 3 is 2.61 bits per heavy atom. The number of benzene rings is 1. The molecule has 2 N–H and O–H groups in total. The Morgan fingerprint density at radius 1 is 1.25 bits per heavy atom. The number of hydrogen-bond acceptors (Lipinski definition) is 6. The van der Waals surface area contributed by atoms with Crippen LogP contribution < -0.4 is 5.32 Å². The summed E-state index contributed by atoms with van der Waals surface area (Å²) in [6.45, 7) is 7.94. The number of rotatable bonds is 8. The van der Waals surface area contributed by atoms with Crippen LogP contribution in [0.2, 0.25) is 0 Å². The zero-order valence-electron chi connectivity index (χ0n) is 16.9. The van der Waals surface area contributed by atoms with Crippen LogP contribution in [0.25, 0.3) is 0 Å². The number of amides is 1. The van der Waals surface area contributed by atoms with Crippen LogP contribution in [0.15, 0.2) is 28.7 Å². The monoisotopic (exact) mass is 386 g/mol. The standard InChI is InChI=1S/C21H30N4O3/c1-4-18-23-24-19(28-18)12-22-14-21(27)10-5-11-25(20(21)26)13-16-6-8-17(9-7-16)15(2)3/h6-9,15,22,27H,4-5,10-14H2,1-3H3/t21-/m1/s1. The molecule has 1 aromatic heterocycles. The van der Waals surface area contributed by atoms with E-state index in [0.29, 0.717) is 50.2 Å². The zero-order valence-corrected chi connectivity index (χ0v) is 16.9. The largest absolute Gasteiger partial charge is 0.424 e. The minimum absolute atomic E-state index is 0.165. The number of carbonyl (C=O) groups excluding carboxylic acids is 1. The first-order chi connectivity index (χ1) is 13.4. The first-order valence-corrected chi connectivity index (χ1v) is 10.0. The van der Waals surface area contributed by atoms with Gasteiger partial charge in [-0.15, -0.1) is 10.2 Å². The van der Waals surface area contributed by atoms with E-state index in [1.54, 1.807) is 4.90 Å². The molecular formula is C21H30N4O3. The second-order valence-corrected chi connectivity index (χ2v) is 7.80. The quantitative estimate of drug-likeness (QED) is 0.724. The van der Waals surface area contributed by atoms with Gasteiger partial charge in [-0.05, 0) is 29.9 Å². The third-order valence-electron chi connectivity index (χ3n) is 5.23. The Hall–Kier alpha value is -2.25. The van der Waals surface area contributed by atoms with E-state index in [0.717, 1.165) is 12.0 Å². The topological polar surface area (TPSA) is 91.5 Å². The fraction of sp³-hybridized carbons (Fsp3) is 0.571. The first-order valence-electron chi connectivity index (χ1n) is 10.0. The lowest BCUT2D eigenvalue weighted by Crippen LogP contribution is -2.57. The predicted octanol–water partition coefficient (Wildman–Crippen LogP) is 2.40. The number of nitrogens with one attached hydrogen (secondary N) is 1. The van der Waals surface area contributed by atoms with E-state index in [9.17, 15) is 9.90 Å². The number of aliphatic hydroxyl groups is 1. The van der Waals surface area contributed by atoms with E-state index in [1.165, 1.54) is 5.56 Å². The number of carbonyl (C=O) groups is 1. The summed E-state index contributed by atoms with van der Waals surface area (Å²) in [6.07, 6.45) is 1.91. The van der Waals surface area contributed by atoms with Crippen LogP contribution in [0.5, 0.6) is 0 Å². The highest BCUT2D eigenvalue weighted by Gasteiger charge is 2.41. The Bertz CT molecular complexity index is 787. The summed E-state index contributed by atoms with van der Waals surface area (Å²) in [5.74, 6) is 1.30. The van der Waals surface area contributed by atoms with E-state index in [-0.39, 0.29) is 12.5 Å². The molecule has 0 unspecified atom stereocenters. The summed E-state index contributed by atoms with van der Waals surface area (Å²) in [5, 5.41) is 21.9.